The number of hydrogen-bond acceptors (Lipinski definition) is 4. The molecule has 0 aliphatic carbocycles. The van der Waals surface area contributed by atoms with Crippen LogP contribution in [0.5, 0.6) is 0 Å². The molecular weight excluding hydrogens is 448 g/mol. The lowest BCUT2D eigenvalue weighted by molar-refractivity contribution is -0.138. The number of benzene rings is 2. The maximum atomic E-state index is 12.8. The third kappa shape index (κ3) is 6.23. The number of hydrogen-bond donors (Lipinski definition) is 3. The molecule has 0 radical (unpaired) electrons. The molecule has 3 aromatic rings. The first-order valence-corrected chi connectivity index (χ1v) is 12.2. The fraction of sp³-hybridized carbons (Fsp3) is 0.269. The molecule has 1 aliphatic heterocycles. The van der Waals surface area contributed by atoms with Crippen molar-refractivity contribution in [2.75, 3.05) is 17.2 Å². The van der Waals surface area contributed by atoms with Gasteiger partial charge in [0.15, 0.2) is 0 Å². The highest BCUT2D eigenvalue weighted by atomic mass is 32.1. The average molecular weight is 477 g/mol. The Hall–Kier alpha value is -3.65. The zero-order valence-electron chi connectivity index (χ0n) is 19.0. The van der Waals surface area contributed by atoms with Gasteiger partial charge in [0, 0.05) is 29.3 Å². The molecule has 1 aliphatic rings. The lowest BCUT2D eigenvalue weighted by Crippen LogP contribution is -2.46. The van der Waals surface area contributed by atoms with Gasteiger partial charge >= 0.3 is 6.03 Å². The number of aryl methyl sites for hydroxylation is 1. The molecule has 0 spiro atoms. The molecule has 1 atom stereocenters. The van der Waals surface area contributed by atoms with Crippen LogP contribution in [0, 0.1) is 6.92 Å². The second-order valence-electron chi connectivity index (χ2n) is 8.37. The maximum absolute atomic E-state index is 12.8. The van der Waals surface area contributed by atoms with Crippen molar-refractivity contribution in [1.82, 2.24) is 10.2 Å². The van der Waals surface area contributed by atoms with E-state index in [4.69, 9.17) is 0 Å². The molecule has 4 amide bonds. The summed E-state index contributed by atoms with van der Waals surface area (Å²) in [7, 11) is 0. The van der Waals surface area contributed by atoms with Crippen LogP contribution in [0.4, 0.5) is 16.2 Å². The Labute approximate surface area is 203 Å². The lowest BCUT2D eigenvalue weighted by atomic mass is 10.1. The minimum atomic E-state index is -0.436. The van der Waals surface area contributed by atoms with Crippen LogP contribution in [0.25, 0.3) is 0 Å². The van der Waals surface area contributed by atoms with Gasteiger partial charge in [-0.3, -0.25) is 9.59 Å². The molecule has 176 valence electrons. The number of nitrogens with zero attached hydrogens (tertiary/aromatic N) is 1. The second kappa shape index (κ2) is 11.0. The van der Waals surface area contributed by atoms with Gasteiger partial charge in [0.05, 0.1) is 6.42 Å². The van der Waals surface area contributed by atoms with Crippen LogP contribution in [0.2, 0.25) is 0 Å². The summed E-state index contributed by atoms with van der Waals surface area (Å²) < 4.78 is 0. The van der Waals surface area contributed by atoms with Gasteiger partial charge in [-0.15, -0.1) is 11.3 Å². The monoisotopic (exact) mass is 476 g/mol. The number of urea groups is 1. The highest BCUT2D eigenvalue weighted by Gasteiger charge is 2.33. The third-order valence-electron chi connectivity index (χ3n) is 5.71. The Morgan fingerprint density at radius 3 is 2.50 bits per heavy atom. The molecule has 2 heterocycles. The smallest absolute Gasteiger partial charge is 0.323 e. The number of thiophene rings is 1. The first-order valence-electron chi connectivity index (χ1n) is 11.3. The topological polar surface area (TPSA) is 90.5 Å². The van der Waals surface area contributed by atoms with Crippen molar-refractivity contribution in [3.05, 3.63) is 82.0 Å². The van der Waals surface area contributed by atoms with Gasteiger partial charge in [0.25, 0.3) is 0 Å². The van der Waals surface area contributed by atoms with Crippen molar-refractivity contribution in [1.29, 1.82) is 0 Å². The Kier molecular flexibility index (Phi) is 7.59. The molecule has 0 bridgehead atoms. The first kappa shape index (κ1) is 23.5. The molecule has 0 saturated carbocycles. The van der Waals surface area contributed by atoms with Crippen molar-refractivity contribution >= 4 is 40.6 Å². The average Bonchev–Trinajstić information content (AvgIpc) is 3.50. The first-order chi connectivity index (χ1) is 16.5. The SMILES string of the molecule is Cc1cccc(NC(=O)Nc2cccc(CNC(=O)C3CCCN3C(=O)Cc3cccs3)c2)c1. The van der Waals surface area contributed by atoms with E-state index in [1.165, 1.54) is 0 Å². The van der Waals surface area contributed by atoms with E-state index in [0.29, 0.717) is 31.6 Å². The standard InChI is InChI=1S/C26H28N4O3S/c1-18-6-2-8-20(14-18)28-26(33)29-21-9-3-7-19(15-21)17-27-25(32)23-11-4-12-30(23)24(31)16-22-10-5-13-34-22/h2-3,5-10,13-15,23H,4,11-12,16-17H2,1H3,(H,27,32)(H2,28,29,33). The van der Waals surface area contributed by atoms with E-state index >= 15 is 0 Å². The lowest BCUT2D eigenvalue weighted by Gasteiger charge is -2.24. The van der Waals surface area contributed by atoms with Gasteiger partial charge < -0.3 is 20.9 Å². The second-order valence-corrected chi connectivity index (χ2v) is 9.40. The Bertz CT molecular complexity index is 1160. The maximum Gasteiger partial charge on any atom is 0.323 e. The van der Waals surface area contributed by atoms with E-state index in [0.717, 1.165) is 28.1 Å². The van der Waals surface area contributed by atoms with Crippen LogP contribution in [0.15, 0.2) is 66.0 Å². The van der Waals surface area contributed by atoms with E-state index in [-0.39, 0.29) is 17.8 Å². The molecule has 2 aromatic carbocycles. The Morgan fingerprint density at radius 2 is 1.76 bits per heavy atom. The van der Waals surface area contributed by atoms with Crippen molar-refractivity contribution < 1.29 is 14.4 Å². The van der Waals surface area contributed by atoms with Crippen LogP contribution in [-0.2, 0) is 22.6 Å². The van der Waals surface area contributed by atoms with Crippen LogP contribution in [0.3, 0.4) is 0 Å². The van der Waals surface area contributed by atoms with Crippen molar-refractivity contribution in [2.24, 2.45) is 0 Å². The van der Waals surface area contributed by atoms with Gasteiger partial charge in [-0.25, -0.2) is 4.79 Å². The molecular formula is C26H28N4O3S. The number of anilines is 2. The van der Waals surface area contributed by atoms with Crippen molar-refractivity contribution in [2.45, 2.75) is 38.8 Å². The van der Waals surface area contributed by atoms with Crippen LogP contribution < -0.4 is 16.0 Å². The fourth-order valence-electron chi connectivity index (χ4n) is 4.08. The zero-order valence-corrected chi connectivity index (χ0v) is 19.9. The van der Waals surface area contributed by atoms with Gasteiger partial charge in [0.1, 0.15) is 6.04 Å². The summed E-state index contributed by atoms with van der Waals surface area (Å²) >= 11 is 1.55. The molecule has 1 aromatic heterocycles. The van der Waals surface area contributed by atoms with Crippen molar-refractivity contribution in [3.8, 4) is 0 Å². The molecule has 34 heavy (non-hydrogen) atoms. The Balaban J connectivity index is 1.30. The van der Waals surface area contributed by atoms with E-state index in [1.54, 1.807) is 22.3 Å². The molecule has 1 saturated heterocycles. The van der Waals surface area contributed by atoms with Gasteiger partial charge in [-0.1, -0.05) is 30.3 Å². The van der Waals surface area contributed by atoms with Crippen LogP contribution in [-0.4, -0.2) is 35.3 Å². The van der Waals surface area contributed by atoms with Gasteiger partial charge in [-0.2, -0.15) is 0 Å². The zero-order chi connectivity index (χ0) is 23.9. The molecule has 8 heteroatoms. The minimum absolute atomic E-state index is 0.00841. The quantitative estimate of drug-likeness (QED) is 0.467. The number of amides is 4. The summed E-state index contributed by atoms with van der Waals surface area (Å²) in [6.07, 6.45) is 1.83. The number of likely N-dealkylation sites (tertiary alicyclic amines) is 1. The van der Waals surface area contributed by atoms with Gasteiger partial charge in [0.2, 0.25) is 11.8 Å². The number of nitrogens with one attached hydrogen (secondary N) is 3. The highest BCUT2D eigenvalue weighted by Crippen LogP contribution is 2.21. The van der Waals surface area contributed by atoms with E-state index < -0.39 is 6.04 Å². The predicted molar refractivity (Wildman–Crippen MR) is 135 cm³/mol. The van der Waals surface area contributed by atoms with Gasteiger partial charge in [-0.05, 0) is 66.6 Å². The molecule has 1 unspecified atom stereocenters. The van der Waals surface area contributed by atoms with E-state index in [9.17, 15) is 14.4 Å². The van der Waals surface area contributed by atoms with Crippen LogP contribution in [0.1, 0.15) is 28.8 Å². The van der Waals surface area contributed by atoms with E-state index in [2.05, 4.69) is 16.0 Å². The normalized spacial score (nSPS) is 15.1. The minimum Gasteiger partial charge on any atom is -0.350 e. The Morgan fingerprint density at radius 1 is 1.00 bits per heavy atom. The van der Waals surface area contributed by atoms with E-state index in [1.807, 2.05) is 66.9 Å². The third-order valence-corrected chi connectivity index (χ3v) is 6.59. The summed E-state index contributed by atoms with van der Waals surface area (Å²) in [6.45, 7) is 2.89. The summed E-state index contributed by atoms with van der Waals surface area (Å²) in [6, 6.07) is 18.0. The molecule has 7 nitrogen and oxygen atoms in total. The summed E-state index contributed by atoms with van der Waals surface area (Å²) in [5.41, 5.74) is 3.27. The molecule has 1 fully saturated rings. The summed E-state index contributed by atoms with van der Waals surface area (Å²) in [4.78, 5) is 40.6. The molecule has 4 rings (SSSR count). The highest BCUT2D eigenvalue weighted by molar-refractivity contribution is 7.10. The largest absolute Gasteiger partial charge is 0.350 e. The predicted octanol–water partition coefficient (Wildman–Crippen LogP) is 4.55. The molecule has 3 N–H and O–H groups in total. The van der Waals surface area contributed by atoms with Crippen molar-refractivity contribution in [3.63, 3.8) is 0 Å². The fourth-order valence-corrected chi connectivity index (χ4v) is 4.78. The number of carbonyl (C=O) groups excluding carboxylic acids is 3. The van der Waals surface area contributed by atoms with Crippen LogP contribution >= 0.6 is 11.3 Å². The number of carbonyl (C=O) groups is 3. The summed E-state index contributed by atoms with van der Waals surface area (Å²) in [5.74, 6) is -0.154. The summed E-state index contributed by atoms with van der Waals surface area (Å²) in [5, 5.41) is 10.5. The number of rotatable bonds is 7.